The summed E-state index contributed by atoms with van der Waals surface area (Å²) in [6, 6.07) is 18.1. The number of ketones is 1. The van der Waals surface area contributed by atoms with Gasteiger partial charge in [0.25, 0.3) is 11.7 Å². The van der Waals surface area contributed by atoms with Crippen molar-refractivity contribution in [1.82, 2.24) is 4.90 Å². The van der Waals surface area contributed by atoms with E-state index in [0.717, 1.165) is 16.7 Å². The second kappa shape index (κ2) is 8.03. The van der Waals surface area contributed by atoms with Crippen LogP contribution in [-0.2, 0) is 16.0 Å². The second-order valence-electron chi connectivity index (χ2n) is 7.56. The fourth-order valence-corrected chi connectivity index (χ4v) is 3.88. The molecule has 0 spiro atoms. The van der Waals surface area contributed by atoms with Crippen LogP contribution >= 0.6 is 0 Å². The summed E-state index contributed by atoms with van der Waals surface area (Å²) < 4.78 is 5.58. The van der Waals surface area contributed by atoms with Gasteiger partial charge in [0, 0.05) is 12.1 Å². The Hall–Kier alpha value is -3.60. The van der Waals surface area contributed by atoms with Crippen molar-refractivity contribution in [2.75, 3.05) is 6.54 Å². The summed E-state index contributed by atoms with van der Waals surface area (Å²) in [5, 5.41) is 11.1. The standard InChI is InChI=1S/C25H23NO4/c1-16-10-11-17(2)19(15-16)23(27)21-22(20-9-6-14-30-20)26(25(29)24(21)28)13-12-18-7-4-3-5-8-18/h3-11,14-15,22,27H,12-13H2,1-2H3. The van der Waals surface area contributed by atoms with E-state index in [4.69, 9.17) is 4.42 Å². The highest BCUT2D eigenvalue weighted by Gasteiger charge is 2.47. The highest BCUT2D eigenvalue weighted by atomic mass is 16.3. The maximum Gasteiger partial charge on any atom is 0.295 e. The molecule has 5 nitrogen and oxygen atoms in total. The Morgan fingerprint density at radius 2 is 1.80 bits per heavy atom. The van der Waals surface area contributed by atoms with Gasteiger partial charge in [0.05, 0.1) is 11.8 Å². The number of carbonyl (C=O) groups excluding carboxylic acids is 2. The molecule has 2 aromatic carbocycles. The number of amides is 1. The zero-order valence-electron chi connectivity index (χ0n) is 17.0. The van der Waals surface area contributed by atoms with Gasteiger partial charge in [-0.1, -0.05) is 48.0 Å². The van der Waals surface area contributed by atoms with E-state index in [1.54, 1.807) is 12.1 Å². The molecule has 0 bridgehead atoms. The van der Waals surface area contributed by atoms with Crippen LogP contribution in [0.25, 0.3) is 5.76 Å². The molecule has 3 aromatic rings. The number of Topliss-reactive ketones (excluding diaryl/α,β-unsaturated/α-hetero) is 1. The van der Waals surface area contributed by atoms with E-state index < -0.39 is 17.7 Å². The number of likely N-dealkylation sites (tertiary alicyclic amines) is 1. The monoisotopic (exact) mass is 401 g/mol. The van der Waals surface area contributed by atoms with Crippen molar-refractivity contribution in [3.05, 3.63) is 101 Å². The van der Waals surface area contributed by atoms with Gasteiger partial charge in [0.15, 0.2) is 0 Å². The van der Waals surface area contributed by atoms with Gasteiger partial charge in [-0.05, 0) is 49.6 Å². The minimum atomic E-state index is -0.761. The first-order chi connectivity index (χ1) is 14.5. The van der Waals surface area contributed by atoms with Crippen molar-refractivity contribution >= 4 is 17.4 Å². The van der Waals surface area contributed by atoms with Crippen LogP contribution in [0.2, 0.25) is 0 Å². The summed E-state index contributed by atoms with van der Waals surface area (Å²) in [6.45, 7) is 4.12. The minimum Gasteiger partial charge on any atom is -0.507 e. The SMILES string of the molecule is Cc1ccc(C)c(C(O)=C2C(=O)C(=O)N(CCc3ccccc3)C2c2ccco2)c1. The number of aryl methyl sites for hydroxylation is 2. The van der Waals surface area contributed by atoms with Crippen LogP contribution in [0.1, 0.15) is 34.1 Å². The Morgan fingerprint density at radius 1 is 1.03 bits per heavy atom. The van der Waals surface area contributed by atoms with Crippen molar-refractivity contribution in [1.29, 1.82) is 0 Å². The van der Waals surface area contributed by atoms with Crippen LogP contribution in [0.3, 0.4) is 0 Å². The molecule has 152 valence electrons. The Balaban J connectivity index is 1.78. The van der Waals surface area contributed by atoms with Gasteiger partial charge in [-0.25, -0.2) is 0 Å². The van der Waals surface area contributed by atoms with E-state index in [-0.39, 0.29) is 11.3 Å². The number of rotatable bonds is 5. The van der Waals surface area contributed by atoms with Gasteiger partial charge in [0.2, 0.25) is 0 Å². The fraction of sp³-hybridized carbons (Fsp3) is 0.200. The Kier molecular flexibility index (Phi) is 5.27. The zero-order chi connectivity index (χ0) is 21.3. The molecular weight excluding hydrogens is 378 g/mol. The van der Waals surface area contributed by atoms with E-state index in [9.17, 15) is 14.7 Å². The predicted molar refractivity (Wildman–Crippen MR) is 114 cm³/mol. The highest BCUT2D eigenvalue weighted by molar-refractivity contribution is 6.46. The smallest absolute Gasteiger partial charge is 0.295 e. The number of aliphatic hydroxyl groups is 1. The van der Waals surface area contributed by atoms with Crippen LogP contribution in [0.5, 0.6) is 0 Å². The number of hydrogen-bond acceptors (Lipinski definition) is 4. The van der Waals surface area contributed by atoms with Crippen LogP contribution in [0, 0.1) is 13.8 Å². The number of carbonyl (C=O) groups is 2. The van der Waals surface area contributed by atoms with Crippen LogP contribution in [-0.4, -0.2) is 28.2 Å². The molecule has 1 aliphatic heterocycles. The van der Waals surface area contributed by atoms with Gasteiger partial charge in [-0.15, -0.1) is 0 Å². The molecule has 0 aliphatic carbocycles. The van der Waals surface area contributed by atoms with Gasteiger partial charge in [-0.3, -0.25) is 9.59 Å². The molecule has 1 unspecified atom stereocenters. The van der Waals surface area contributed by atoms with Crippen molar-refractivity contribution in [3.8, 4) is 0 Å². The maximum atomic E-state index is 13.0. The van der Waals surface area contributed by atoms with Crippen LogP contribution in [0.4, 0.5) is 0 Å². The summed E-state index contributed by atoms with van der Waals surface area (Å²) in [5.74, 6) is -1.03. The minimum absolute atomic E-state index is 0.0664. The fourth-order valence-electron chi connectivity index (χ4n) is 3.88. The molecule has 0 radical (unpaired) electrons. The van der Waals surface area contributed by atoms with E-state index in [0.29, 0.717) is 24.3 Å². The molecule has 2 heterocycles. The summed E-state index contributed by atoms with van der Waals surface area (Å²) in [5.41, 5.74) is 3.46. The third kappa shape index (κ3) is 3.54. The lowest BCUT2D eigenvalue weighted by molar-refractivity contribution is -0.140. The topological polar surface area (TPSA) is 70.8 Å². The van der Waals surface area contributed by atoms with Crippen LogP contribution < -0.4 is 0 Å². The molecule has 0 saturated carbocycles. The average molecular weight is 401 g/mol. The number of benzene rings is 2. The first-order valence-electron chi connectivity index (χ1n) is 9.90. The van der Waals surface area contributed by atoms with Crippen molar-refractivity contribution in [3.63, 3.8) is 0 Å². The third-order valence-electron chi connectivity index (χ3n) is 5.49. The predicted octanol–water partition coefficient (Wildman–Crippen LogP) is 4.56. The molecular formula is C25H23NO4. The number of hydrogen-bond donors (Lipinski definition) is 1. The number of furan rings is 1. The quantitative estimate of drug-likeness (QED) is 0.386. The average Bonchev–Trinajstić information content (AvgIpc) is 3.36. The molecule has 1 atom stereocenters. The lowest BCUT2D eigenvalue weighted by Crippen LogP contribution is -2.31. The molecule has 1 aliphatic rings. The Labute approximate surface area is 175 Å². The second-order valence-corrected chi connectivity index (χ2v) is 7.56. The third-order valence-corrected chi connectivity index (χ3v) is 5.49. The Bertz CT molecular complexity index is 1110. The first kappa shape index (κ1) is 19.7. The van der Waals surface area contributed by atoms with Gasteiger partial charge in [-0.2, -0.15) is 0 Å². The van der Waals surface area contributed by atoms with Crippen molar-refractivity contribution in [2.45, 2.75) is 26.3 Å². The molecule has 1 aromatic heterocycles. The first-order valence-corrected chi connectivity index (χ1v) is 9.90. The Morgan fingerprint density at radius 3 is 2.50 bits per heavy atom. The highest BCUT2D eigenvalue weighted by Crippen LogP contribution is 2.40. The van der Waals surface area contributed by atoms with Crippen LogP contribution in [0.15, 0.2) is 76.9 Å². The normalized spacial score (nSPS) is 18.2. The van der Waals surface area contributed by atoms with E-state index >= 15 is 0 Å². The van der Waals surface area contributed by atoms with Gasteiger partial charge < -0.3 is 14.4 Å². The number of nitrogens with zero attached hydrogens (tertiary/aromatic N) is 1. The van der Waals surface area contributed by atoms with Gasteiger partial charge >= 0.3 is 0 Å². The molecule has 5 heteroatoms. The van der Waals surface area contributed by atoms with Crippen molar-refractivity contribution < 1.29 is 19.1 Å². The van der Waals surface area contributed by atoms with Gasteiger partial charge in [0.1, 0.15) is 17.6 Å². The summed E-state index contributed by atoms with van der Waals surface area (Å²) in [6.07, 6.45) is 2.10. The molecule has 1 fully saturated rings. The summed E-state index contributed by atoms with van der Waals surface area (Å²) >= 11 is 0. The van der Waals surface area contributed by atoms with E-state index in [2.05, 4.69) is 0 Å². The summed E-state index contributed by atoms with van der Waals surface area (Å²) in [4.78, 5) is 27.4. The zero-order valence-corrected chi connectivity index (χ0v) is 17.0. The maximum absolute atomic E-state index is 13.0. The molecule has 1 N–H and O–H groups in total. The number of aliphatic hydroxyl groups excluding tert-OH is 1. The van der Waals surface area contributed by atoms with Crippen molar-refractivity contribution in [2.24, 2.45) is 0 Å². The molecule has 1 saturated heterocycles. The van der Waals surface area contributed by atoms with E-state index in [1.165, 1.54) is 11.2 Å². The lowest BCUT2D eigenvalue weighted by Gasteiger charge is -2.23. The molecule has 4 rings (SSSR count). The summed E-state index contributed by atoms with van der Waals surface area (Å²) in [7, 11) is 0. The molecule has 1 amide bonds. The lowest BCUT2D eigenvalue weighted by atomic mass is 9.96. The van der Waals surface area contributed by atoms with E-state index in [1.807, 2.05) is 62.4 Å². The molecule has 30 heavy (non-hydrogen) atoms. The largest absolute Gasteiger partial charge is 0.507 e.